The molecule has 1 rings (SSSR count). The first-order chi connectivity index (χ1) is 8.16. The van der Waals surface area contributed by atoms with E-state index < -0.39 is 25.0 Å². The zero-order valence-electron chi connectivity index (χ0n) is 12.2. The molecule has 0 aromatic carbocycles. The maximum absolute atomic E-state index is 6.19. The van der Waals surface area contributed by atoms with Crippen molar-refractivity contribution < 1.29 is 8.43 Å². The molecule has 0 N–H and O–H groups in total. The van der Waals surface area contributed by atoms with Gasteiger partial charge in [0.25, 0.3) is 0 Å². The van der Waals surface area contributed by atoms with Gasteiger partial charge in [0.15, 0.2) is 25.0 Å². The lowest BCUT2D eigenvalue weighted by molar-refractivity contribution is 0.486. The number of hydrogen-bond acceptors (Lipinski definition) is 3. The Morgan fingerprint density at radius 1 is 1.00 bits per heavy atom. The first-order valence-corrected chi connectivity index (χ1v) is 14.4. The summed E-state index contributed by atoms with van der Waals surface area (Å²) in [4.78, 5) is 4.37. The molecule has 0 saturated carbocycles. The molecule has 0 amide bonds. The predicted octanol–water partition coefficient (Wildman–Crippen LogP) is 4.60. The third-order valence-corrected chi connectivity index (χ3v) is 8.36. The Balaban J connectivity index is 2.72. The largest absolute Gasteiger partial charge is 0.376 e. The molecule has 0 unspecified atom stereocenters. The summed E-state index contributed by atoms with van der Waals surface area (Å²) in [6.07, 6.45) is 2.62. The molecule has 1 aromatic heterocycles. The Morgan fingerprint density at radius 3 is 1.94 bits per heavy atom. The van der Waals surface area contributed by atoms with Crippen molar-refractivity contribution in [2.45, 2.75) is 45.4 Å². The van der Waals surface area contributed by atoms with Crippen LogP contribution in [0.5, 0.6) is 0 Å². The summed E-state index contributed by atoms with van der Waals surface area (Å²) >= 11 is 0. The average molecular weight is 301 g/mol. The highest BCUT2D eigenvalue weighted by Gasteiger charge is 2.28. The highest BCUT2D eigenvalue weighted by Crippen LogP contribution is 2.46. The van der Waals surface area contributed by atoms with Crippen LogP contribution in [0.4, 0.5) is 0 Å². The summed E-state index contributed by atoms with van der Waals surface area (Å²) in [5, 5.41) is 0. The van der Waals surface area contributed by atoms with Gasteiger partial charge in [-0.25, -0.2) is 0 Å². The topological polar surface area (TPSA) is 31.4 Å². The van der Waals surface area contributed by atoms with E-state index in [-0.39, 0.29) is 0 Å². The quantitative estimate of drug-likeness (QED) is 0.568. The fourth-order valence-corrected chi connectivity index (χ4v) is 7.66. The average Bonchev–Trinajstić information content (AvgIpc) is 2.13. The van der Waals surface area contributed by atoms with Crippen molar-refractivity contribution in [3.05, 3.63) is 30.1 Å². The second-order valence-corrected chi connectivity index (χ2v) is 17.1. The molecule has 0 spiro atoms. The fraction of sp³-hybridized carbons (Fsp3) is 0.583. The zero-order chi connectivity index (χ0) is 13.8. The molecule has 0 fully saturated rings. The van der Waals surface area contributed by atoms with Crippen LogP contribution in [0, 0.1) is 0 Å². The van der Waals surface area contributed by atoms with Gasteiger partial charge in [0.1, 0.15) is 0 Å². The molecule has 1 aromatic rings. The summed E-state index contributed by atoms with van der Waals surface area (Å²) in [5.41, 5.74) is 1.06. The monoisotopic (exact) mass is 301 g/mol. The highest BCUT2D eigenvalue weighted by molar-refractivity contribution is 7.50. The molecule has 0 bridgehead atoms. The molecule has 1 heterocycles. The van der Waals surface area contributed by atoms with Crippen LogP contribution in [0.25, 0.3) is 0 Å². The van der Waals surface area contributed by atoms with Crippen molar-refractivity contribution in [1.29, 1.82) is 0 Å². The van der Waals surface area contributed by atoms with Crippen molar-refractivity contribution in [3.63, 3.8) is 0 Å². The van der Waals surface area contributed by atoms with Gasteiger partial charge in [-0.15, -0.1) is 0 Å². The second-order valence-electron chi connectivity index (χ2n) is 6.22. The van der Waals surface area contributed by atoms with E-state index in [2.05, 4.69) is 44.3 Å². The van der Waals surface area contributed by atoms with E-state index in [1.807, 2.05) is 24.4 Å². The third-order valence-electron chi connectivity index (χ3n) is 1.77. The summed E-state index contributed by atoms with van der Waals surface area (Å²) in [5.74, 6) is 0. The lowest BCUT2D eigenvalue weighted by Gasteiger charge is -2.30. The Kier molecular flexibility index (Phi) is 5.68. The van der Waals surface area contributed by atoms with E-state index in [4.69, 9.17) is 8.43 Å². The Bertz CT molecular complexity index is 347. The molecule has 3 nitrogen and oxygen atoms in total. The Morgan fingerprint density at radius 2 is 1.56 bits per heavy atom. The molecule has 0 aliphatic heterocycles. The van der Waals surface area contributed by atoms with Crippen LogP contribution in [-0.4, -0.2) is 21.6 Å². The first-order valence-electron chi connectivity index (χ1n) is 6.21. The van der Waals surface area contributed by atoms with Crippen LogP contribution in [0.15, 0.2) is 24.4 Å². The van der Waals surface area contributed by atoms with Crippen LogP contribution in [0.1, 0.15) is 5.69 Å². The van der Waals surface area contributed by atoms with Gasteiger partial charge in [-0.3, -0.25) is 4.98 Å². The predicted molar refractivity (Wildman–Crippen MR) is 83.7 cm³/mol. The highest BCUT2D eigenvalue weighted by atomic mass is 31.2. The number of pyridine rings is 1. The Labute approximate surface area is 114 Å². The minimum Gasteiger partial charge on any atom is -0.376 e. The molecule has 102 valence electrons. The molecule has 0 aliphatic rings. The second kappa shape index (κ2) is 6.39. The Hall–Kier alpha value is -0.0662. The van der Waals surface area contributed by atoms with Crippen LogP contribution in [0.2, 0.25) is 39.3 Å². The molecule has 6 heteroatoms. The maximum Gasteiger partial charge on any atom is 0.191 e. The summed E-state index contributed by atoms with van der Waals surface area (Å²) in [6.45, 7) is 13.2. The lowest BCUT2D eigenvalue weighted by atomic mass is 10.4. The van der Waals surface area contributed by atoms with Gasteiger partial charge in [-0.05, 0) is 51.4 Å². The van der Waals surface area contributed by atoms with E-state index in [9.17, 15) is 0 Å². The molecule has 0 saturated heterocycles. The van der Waals surface area contributed by atoms with Gasteiger partial charge in [-0.2, -0.15) is 0 Å². The first kappa shape index (κ1) is 16.0. The molecule has 18 heavy (non-hydrogen) atoms. The number of aromatic nitrogens is 1. The van der Waals surface area contributed by atoms with Gasteiger partial charge in [-0.1, -0.05) is 6.07 Å². The van der Waals surface area contributed by atoms with Crippen LogP contribution < -0.4 is 0 Å². The van der Waals surface area contributed by atoms with Crippen molar-refractivity contribution in [1.82, 2.24) is 4.98 Å². The normalized spacial score (nSPS) is 13.1. The molecule has 0 aliphatic carbocycles. The molecular weight excluding hydrogens is 277 g/mol. The van der Waals surface area contributed by atoms with Crippen LogP contribution in [0.3, 0.4) is 0 Å². The third kappa shape index (κ3) is 7.39. The molecule has 0 atom stereocenters. The zero-order valence-corrected chi connectivity index (χ0v) is 15.1. The van der Waals surface area contributed by atoms with Crippen LogP contribution >= 0.6 is 8.38 Å². The number of rotatable bonds is 6. The maximum atomic E-state index is 6.19. The van der Waals surface area contributed by atoms with E-state index in [0.29, 0.717) is 0 Å². The van der Waals surface area contributed by atoms with Crippen LogP contribution in [-0.2, 0) is 14.6 Å². The van der Waals surface area contributed by atoms with E-state index in [1.165, 1.54) is 0 Å². The standard InChI is InChI=1S/C12H24NO2PSi2/c1-17(2,3)14-16(15-18(4,5)6)11-12-9-7-8-10-13-12/h7-10H,11H2,1-6H3. The SMILES string of the molecule is C[Si](C)(C)OP(Cc1ccccn1)O[Si](C)(C)C. The summed E-state index contributed by atoms with van der Waals surface area (Å²) in [7, 11) is -4.00. The minimum atomic E-state index is -1.58. The smallest absolute Gasteiger partial charge is 0.191 e. The molecule has 0 radical (unpaired) electrons. The van der Waals surface area contributed by atoms with Crippen molar-refractivity contribution in [3.8, 4) is 0 Å². The minimum absolute atomic E-state index is 0.796. The van der Waals surface area contributed by atoms with E-state index in [0.717, 1.165) is 11.9 Å². The van der Waals surface area contributed by atoms with E-state index in [1.54, 1.807) is 0 Å². The van der Waals surface area contributed by atoms with Gasteiger partial charge in [0.2, 0.25) is 0 Å². The van der Waals surface area contributed by atoms with Crippen molar-refractivity contribution in [2.24, 2.45) is 0 Å². The van der Waals surface area contributed by atoms with Gasteiger partial charge in [0.05, 0.1) is 6.16 Å². The van der Waals surface area contributed by atoms with Crippen molar-refractivity contribution >= 4 is 25.0 Å². The van der Waals surface area contributed by atoms with Gasteiger partial charge in [0, 0.05) is 11.9 Å². The summed E-state index contributed by atoms with van der Waals surface area (Å²) in [6, 6.07) is 5.99. The lowest BCUT2D eigenvalue weighted by Crippen LogP contribution is -2.28. The van der Waals surface area contributed by atoms with Gasteiger partial charge < -0.3 is 8.43 Å². The number of hydrogen-bond donors (Lipinski definition) is 0. The van der Waals surface area contributed by atoms with Crippen molar-refractivity contribution in [2.75, 3.05) is 0 Å². The fourth-order valence-electron chi connectivity index (χ4n) is 1.32. The molecular formula is C12H24NO2PSi2. The number of nitrogens with zero attached hydrogens (tertiary/aromatic N) is 1. The summed E-state index contributed by atoms with van der Waals surface area (Å²) < 4.78 is 12.4. The van der Waals surface area contributed by atoms with Gasteiger partial charge >= 0.3 is 0 Å². The van der Waals surface area contributed by atoms with E-state index >= 15 is 0 Å².